The first-order valence-electron chi connectivity index (χ1n) is 34.3. The Morgan fingerprint density at radius 2 is 0.500 bits per heavy atom. The van der Waals surface area contributed by atoms with Crippen molar-refractivity contribution < 1.29 is 28.6 Å². The van der Waals surface area contributed by atoms with Crippen molar-refractivity contribution in [2.75, 3.05) is 13.2 Å². The van der Waals surface area contributed by atoms with Gasteiger partial charge in [-0.25, -0.2) is 0 Å². The van der Waals surface area contributed by atoms with Gasteiger partial charge in [0.25, 0.3) is 0 Å². The van der Waals surface area contributed by atoms with Gasteiger partial charge in [-0.15, -0.1) is 0 Å². The van der Waals surface area contributed by atoms with Gasteiger partial charge in [0.2, 0.25) is 0 Å². The summed E-state index contributed by atoms with van der Waals surface area (Å²) in [5.41, 5.74) is 0. The fourth-order valence-electron chi connectivity index (χ4n) is 10.1. The van der Waals surface area contributed by atoms with E-state index in [4.69, 9.17) is 14.2 Å². The van der Waals surface area contributed by atoms with Crippen LogP contribution in [0.2, 0.25) is 0 Å². The number of hydrogen-bond acceptors (Lipinski definition) is 6. The van der Waals surface area contributed by atoms with Gasteiger partial charge in [0, 0.05) is 19.3 Å². The molecule has 6 nitrogen and oxygen atoms in total. The minimum absolute atomic E-state index is 0.0876. The van der Waals surface area contributed by atoms with Crippen LogP contribution in [0, 0.1) is 0 Å². The second kappa shape index (κ2) is 66.6. The Kier molecular flexibility index (Phi) is 64.2. The van der Waals surface area contributed by atoms with Gasteiger partial charge in [0.1, 0.15) is 13.2 Å². The Balaban J connectivity index is 4.22. The Morgan fingerprint density at radius 3 is 0.821 bits per heavy atom. The van der Waals surface area contributed by atoms with Crippen LogP contribution in [0.25, 0.3) is 0 Å². The molecule has 0 aromatic carbocycles. The molecule has 0 aliphatic heterocycles. The molecule has 0 N–H and O–H groups in total. The maximum absolute atomic E-state index is 12.9. The molecule has 1 unspecified atom stereocenters. The predicted molar refractivity (Wildman–Crippen MR) is 339 cm³/mol. The van der Waals surface area contributed by atoms with Crippen LogP contribution in [0.3, 0.4) is 0 Å². The normalized spacial score (nSPS) is 12.4. The summed E-state index contributed by atoms with van der Waals surface area (Å²) in [4.78, 5) is 38.3. The highest BCUT2D eigenvalue weighted by Gasteiger charge is 2.19. The largest absolute Gasteiger partial charge is 0.462 e. The quantitative estimate of drug-likeness (QED) is 0.0261. The highest BCUT2D eigenvalue weighted by Crippen LogP contribution is 2.18. The fraction of sp³-hybridized carbons (Fsp3) is 0.819. The van der Waals surface area contributed by atoms with Gasteiger partial charge in [-0.3, -0.25) is 14.4 Å². The number of ether oxygens (including phenoxy) is 3. The highest BCUT2D eigenvalue weighted by atomic mass is 16.6. The van der Waals surface area contributed by atoms with E-state index in [0.717, 1.165) is 96.3 Å². The van der Waals surface area contributed by atoms with Crippen LogP contribution in [-0.2, 0) is 28.6 Å². The van der Waals surface area contributed by atoms with Crippen LogP contribution in [0.1, 0.15) is 361 Å². The van der Waals surface area contributed by atoms with Crippen molar-refractivity contribution in [2.45, 2.75) is 367 Å². The molecule has 0 aromatic rings. The van der Waals surface area contributed by atoms with Crippen LogP contribution >= 0.6 is 0 Å². The van der Waals surface area contributed by atoms with Gasteiger partial charge < -0.3 is 14.2 Å². The molecule has 454 valence electrons. The van der Waals surface area contributed by atoms with Gasteiger partial charge in [-0.1, -0.05) is 319 Å². The third-order valence-electron chi connectivity index (χ3n) is 15.3. The van der Waals surface area contributed by atoms with E-state index in [9.17, 15) is 14.4 Å². The standard InChI is InChI=1S/C72H130O6/c1-4-7-10-13-16-19-22-25-28-30-31-32-33-34-35-36-37-38-39-40-41-42-45-47-50-53-56-59-62-65-71(74)77-68-69(67-76-70(73)64-61-58-55-52-49-46-43-27-24-21-18-15-12-9-6-3)78-72(75)66-63-60-57-54-51-48-44-29-26-23-20-17-14-11-8-5-2/h9,12,18,21,27,29,43-44,49,52,69H,4-8,10-11,13-17,19-20,22-26,28,30-42,45-48,50-51,53-68H2,1-3H3/b12-9-,21-18-,43-27-,44-29-,52-49-. The molecule has 0 spiro atoms. The van der Waals surface area contributed by atoms with Gasteiger partial charge in [0.05, 0.1) is 0 Å². The predicted octanol–water partition coefficient (Wildman–Crippen LogP) is 23.5. The van der Waals surface area contributed by atoms with E-state index >= 15 is 0 Å². The zero-order chi connectivity index (χ0) is 56.4. The maximum Gasteiger partial charge on any atom is 0.306 e. The monoisotopic (exact) mass is 1090 g/mol. The third kappa shape index (κ3) is 63.9. The zero-order valence-electron chi connectivity index (χ0n) is 52.2. The SMILES string of the molecule is CC/C=C\C/C=C\C/C=C\C/C=C\CCCCC(=O)OCC(COC(=O)CCCCCCCCCCCCCCCCCCCCCCCCCCCCCCC)OC(=O)CCCCCCC/C=C\CCCCCCCCC. The molecule has 1 atom stereocenters. The summed E-state index contributed by atoms with van der Waals surface area (Å²) >= 11 is 0. The first kappa shape index (κ1) is 75.1. The maximum atomic E-state index is 12.9. The van der Waals surface area contributed by atoms with Crippen LogP contribution in [-0.4, -0.2) is 37.2 Å². The fourth-order valence-corrected chi connectivity index (χ4v) is 10.1. The van der Waals surface area contributed by atoms with Crippen molar-refractivity contribution >= 4 is 17.9 Å². The van der Waals surface area contributed by atoms with E-state index in [1.54, 1.807) is 0 Å². The molecule has 0 amide bonds. The molecule has 0 aliphatic rings. The summed E-state index contributed by atoms with van der Waals surface area (Å²) in [6.07, 6.45) is 85.5. The lowest BCUT2D eigenvalue weighted by atomic mass is 10.0. The summed E-state index contributed by atoms with van der Waals surface area (Å²) in [7, 11) is 0. The average Bonchev–Trinajstić information content (AvgIpc) is 3.44. The van der Waals surface area contributed by atoms with Crippen LogP contribution in [0.15, 0.2) is 60.8 Å². The summed E-state index contributed by atoms with van der Waals surface area (Å²) in [5.74, 6) is -0.920. The summed E-state index contributed by atoms with van der Waals surface area (Å²) in [6, 6.07) is 0. The average molecular weight is 1090 g/mol. The lowest BCUT2D eigenvalue weighted by Crippen LogP contribution is -2.30. The zero-order valence-corrected chi connectivity index (χ0v) is 52.2. The lowest BCUT2D eigenvalue weighted by molar-refractivity contribution is -0.167. The second-order valence-corrected chi connectivity index (χ2v) is 23.1. The Bertz CT molecular complexity index is 1390. The number of carbonyl (C=O) groups is 3. The number of allylic oxidation sites excluding steroid dienone is 10. The first-order chi connectivity index (χ1) is 38.5. The third-order valence-corrected chi connectivity index (χ3v) is 15.3. The van der Waals surface area contributed by atoms with Crippen molar-refractivity contribution in [2.24, 2.45) is 0 Å². The number of hydrogen-bond donors (Lipinski definition) is 0. The van der Waals surface area contributed by atoms with E-state index in [1.807, 2.05) is 0 Å². The number of unbranched alkanes of at least 4 members (excludes halogenated alkanes) is 42. The molecule has 6 heteroatoms. The molecular weight excluding hydrogens is 961 g/mol. The van der Waals surface area contributed by atoms with Gasteiger partial charge >= 0.3 is 17.9 Å². The van der Waals surface area contributed by atoms with E-state index in [0.29, 0.717) is 19.3 Å². The first-order valence-corrected chi connectivity index (χ1v) is 34.3. The smallest absolute Gasteiger partial charge is 0.306 e. The minimum atomic E-state index is -0.795. The van der Waals surface area contributed by atoms with Crippen LogP contribution in [0.5, 0.6) is 0 Å². The molecule has 0 saturated heterocycles. The second-order valence-electron chi connectivity index (χ2n) is 23.1. The van der Waals surface area contributed by atoms with Crippen LogP contribution < -0.4 is 0 Å². The number of rotatable bonds is 63. The van der Waals surface area contributed by atoms with E-state index in [1.165, 1.54) is 225 Å². The van der Waals surface area contributed by atoms with Gasteiger partial charge in [-0.05, 0) is 83.5 Å². The number of carbonyl (C=O) groups excluding carboxylic acids is 3. The molecule has 0 fully saturated rings. The molecule has 78 heavy (non-hydrogen) atoms. The van der Waals surface area contributed by atoms with E-state index in [2.05, 4.69) is 81.5 Å². The van der Waals surface area contributed by atoms with Gasteiger partial charge in [-0.2, -0.15) is 0 Å². The molecule has 0 radical (unpaired) electrons. The Hall–Kier alpha value is -2.89. The summed E-state index contributed by atoms with van der Waals surface area (Å²) in [5, 5.41) is 0. The van der Waals surface area contributed by atoms with Crippen molar-refractivity contribution in [3.8, 4) is 0 Å². The van der Waals surface area contributed by atoms with Crippen molar-refractivity contribution in [3.63, 3.8) is 0 Å². The van der Waals surface area contributed by atoms with E-state index in [-0.39, 0.29) is 31.1 Å². The molecule has 0 heterocycles. The molecule has 0 aliphatic carbocycles. The molecule has 0 aromatic heterocycles. The highest BCUT2D eigenvalue weighted by molar-refractivity contribution is 5.71. The minimum Gasteiger partial charge on any atom is -0.462 e. The molecule has 0 saturated carbocycles. The van der Waals surface area contributed by atoms with Crippen molar-refractivity contribution in [3.05, 3.63) is 60.8 Å². The Morgan fingerprint density at radius 1 is 0.269 bits per heavy atom. The molecule has 0 rings (SSSR count). The topological polar surface area (TPSA) is 78.9 Å². The molecular formula is C72H130O6. The van der Waals surface area contributed by atoms with Crippen molar-refractivity contribution in [1.82, 2.24) is 0 Å². The lowest BCUT2D eigenvalue weighted by Gasteiger charge is -2.18. The van der Waals surface area contributed by atoms with E-state index < -0.39 is 6.10 Å². The van der Waals surface area contributed by atoms with Gasteiger partial charge in [0.15, 0.2) is 6.10 Å². The summed E-state index contributed by atoms with van der Waals surface area (Å²) < 4.78 is 16.9. The Labute approximate surface area is 485 Å². The van der Waals surface area contributed by atoms with Crippen molar-refractivity contribution in [1.29, 1.82) is 0 Å². The molecule has 0 bridgehead atoms. The van der Waals surface area contributed by atoms with Crippen LogP contribution in [0.4, 0.5) is 0 Å². The summed E-state index contributed by atoms with van der Waals surface area (Å²) in [6.45, 7) is 6.54. The number of esters is 3.